The summed E-state index contributed by atoms with van der Waals surface area (Å²) in [4.78, 5) is 13.1. The van der Waals surface area contributed by atoms with Crippen molar-refractivity contribution in [1.82, 2.24) is 4.90 Å². The molecule has 0 unspecified atom stereocenters. The number of hydrogen-bond donors (Lipinski definition) is 1. The maximum atomic E-state index is 13.3. The molecule has 0 atom stereocenters. The zero-order valence-corrected chi connectivity index (χ0v) is 11.3. The van der Waals surface area contributed by atoms with Crippen molar-refractivity contribution >= 4 is 21.6 Å². The predicted octanol–water partition coefficient (Wildman–Crippen LogP) is 1.48. The molecule has 7 heteroatoms. The van der Waals surface area contributed by atoms with E-state index in [2.05, 4.69) is 5.32 Å². The average molecular weight is 286 g/mol. The molecule has 1 aromatic carbocycles. The van der Waals surface area contributed by atoms with Crippen molar-refractivity contribution < 1.29 is 17.6 Å². The van der Waals surface area contributed by atoms with Crippen LogP contribution in [0.25, 0.3) is 0 Å². The molecule has 0 bridgehead atoms. The molecule has 0 radical (unpaired) electrons. The van der Waals surface area contributed by atoms with Crippen LogP contribution in [0.3, 0.4) is 0 Å². The van der Waals surface area contributed by atoms with Crippen LogP contribution in [-0.2, 0) is 9.84 Å². The fraction of sp³-hybridized carbons (Fsp3) is 0.417. The molecule has 1 N–H and O–H groups in total. The van der Waals surface area contributed by atoms with E-state index in [9.17, 15) is 17.6 Å². The Balaban J connectivity index is 1.93. The summed E-state index contributed by atoms with van der Waals surface area (Å²) in [5.41, 5.74) is 0.0919. The number of nitrogens with one attached hydrogen (secondary N) is 1. The van der Waals surface area contributed by atoms with Gasteiger partial charge in [-0.3, -0.25) is 0 Å². The van der Waals surface area contributed by atoms with Gasteiger partial charge in [0.15, 0.2) is 9.84 Å². The molecule has 1 aliphatic rings. The maximum absolute atomic E-state index is 13.3. The highest BCUT2D eigenvalue weighted by atomic mass is 32.2. The number of para-hydroxylation sites is 1. The van der Waals surface area contributed by atoms with E-state index in [0.29, 0.717) is 0 Å². The third-order valence-electron chi connectivity index (χ3n) is 3.16. The predicted molar refractivity (Wildman–Crippen MR) is 70.2 cm³/mol. The van der Waals surface area contributed by atoms with Crippen molar-refractivity contribution in [2.45, 2.75) is 12.2 Å². The molecule has 1 aromatic rings. The van der Waals surface area contributed by atoms with Crippen LogP contribution in [0, 0.1) is 5.82 Å². The molecule has 1 heterocycles. The lowest BCUT2D eigenvalue weighted by atomic mass is 10.2. The number of carbonyl (C=O) groups is 1. The molecule has 2 rings (SSSR count). The van der Waals surface area contributed by atoms with Gasteiger partial charge in [-0.05, 0) is 12.1 Å². The van der Waals surface area contributed by atoms with Crippen molar-refractivity contribution in [2.75, 3.05) is 24.2 Å². The largest absolute Gasteiger partial charge is 0.322 e. The van der Waals surface area contributed by atoms with E-state index < -0.39 is 26.9 Å². The lowest BCUT2D eigenvalue weighted by molar-refractivity contribution is 0.182. The van der Waals surface area contributed by atoms with Crippen LogP contribution in [-0.4, -0.2) is 43.4 Å². The van der Waals surface area contributed by atoms with E-state index in [1.165, 1.54) is 23.1 Å². The molecular weight excluding hydrogens is 271 g/mol. The normalized spacial score (nSPS) is 16.0. The van der Waals surface area contributed by atoms with E-state index in [4.69, 9.17) is 0 Å². The molecule has 0 spiro atoms. The first-order valence-corrected chi connectivity index (χ1v) is 7.67. The van der Waals surface area contributed by atoms with Gasteiger partial charge in [-0.25, -0.2) is 17.6 Å². The monoisotopic (exact) mass is 286 g/mol. The number of sulfone groups is 1. The summed E-state index contributed by atoms with van der Waals surface area (Å²) < 4.78 is 36.4. The summed E-state index contributed by atoms with van der Waals surface area (Å²) in [7, 11) is -3.10. The number of hydrogen-bond acceptors (Lipinski definition) is 3. The minimum Gasteiger partial charge on any atom is -0.322 e. The zero-order chi connectivity index (χ0) is 14.0. The smallest absolute Gasteiger partial charge is 0.322 e. The fourth-order valence-electron chi connectivity index (χ4n) is 1.82. The van der Waals surface area contributed by atoms with Crippen LogP contribution >= 0.6 is 0 Å². The highest BCUT2D eigenvalue weighted by Gasteiger charge is 2.38. The highest BCUT2D eigenvalue weighted by molar-refractivity contribution is 7.92. The Morgan fingerprint density at radius 3 is 2.63 bits per heavy atom. The summed E-state index contributed by atoms with van der Waals surface area (Å²) in [6.07, 6.45) is 0. The van der Waals surface area contributed by atoms with Gasteiger partial charge in [0.2, 0.25) is 0 Å². The molecule has 0 aliphatic carbocycles. The van der Waals surface area contributed by atoms with Gasteiger partial charge in [0.05, 0.1) is 10.9 Å². The third-order valence-corrected chi connectivity index (χ3v) is 5.28. The van der Waals surface area contributed by atoms with Gasteiger partial charge in [-0.15, -0.1) is 0 Å². The molecule has 0 saturated carbocycles. The summed E-state index contributed by atoms with van der Waals surface area (Å²) in [5.74, 6) is -0.449. The number of halogens is 1. The van der Waals surface area contributed by atoms with E-state index in [1.807, 2.05) is 0 Å². The molecule has 0 aromatic heterocycles. The van der Waals surface area contributed by atoms with Gasteiger partial charge >= 0.3 is 6.03 Å². The Morgan fingerprint density at radius 1 is 1.42 bits per heavy atom. The zero-order valence-electron chi connectivity index (χ0n) is 10.5. The van der Waals surface area contributed by atoms with Crippen LogP contribution < -0.4 is 5.32 Å². The van der Waals surface area contributed by atoms with Gasteiger partial charge in [-0.2, -0.15) is 0 Å². The SMILES string of the molecule is CCS(=O)(=O)C1CN(C(=O)Nc2ccccc2F)C1. The van der Waals surface area contributed by atoms with Gasteiger partial charge in [0, 0.05) is 18.8 Å². The van der Waals surface area contributed by atoms with E-state index in [-0.39, 0.29) is 24.5 Å². The second-order valence-corrected chi connectivity index (χ2v) is 6.96. The standard InChI is InChI=1S/C12H15FN2O3S/c1-2-19(17,18)9-7-15(8-9)12(16)14-11-6-4-3-5-10(11)13/h3-6,9H,2,7-8H2,1H3,(H,14,16). The average Bonchev–Trinajstić information content (AvgIpc) is 2.30. The van der Waals surface area contributed by atoms with Crippen LogP contribution in [0.4, 0.5) is 14.9 Å². The van der Waals surface area contributed by atoms with Crippen LogP contribution in [0.15, 0.2) is 24.3 Å². The first-order chi connectivity index (χ1) is 8.94. The topological polar surface area (TPSA) is 66.5 Å². The van der Waals surface area contributed by atoms with Gasteiger partial charge < -0.3 is 10.2 Å². The van der Waals surface area contributed by atoms with Crippen LogP contribution in [0.5, 0.6) is 0 Å². The van der Waals surface area contributed by atoms with Crippen molar-refractivity contribution in [2.24, 2.45) is 0 Å². The molecule has 104 valence electrons. The second kappa shape index (κ2) is 5.16. The number of urea groups is 1. The summed E-state index contributed by atoms with van der Waals surface area (Å²) in [6.45, 7) is 1.91. The Morgan fingerprint density at radius 2 is 2.05 bits per heavy atom. The number of benzene rings is 1. The lowest BCUT2D eigenvalue weighted by Gasteiger charge is -2.38. The summed E-state index contributed by atoms with van der Waals surface area (Å²) >= 11 is 0. The number of likely N-dealkylation sites (tertiary alicyclic amines) is 1. The maximum Gasteiger partial charge on any atom is 0.322 e. The molecule has 2 amide bonds. The Kier molecular flexibility index (Phi) is 3.75. The summed E-state index contributed by atoms with van der Waals surface area (Å²) in [6, 6.07) is 5.36. The third kappa shape index (κ3) is 2.86. The van der Waals surface area contributed by atoms with E-state index in [0.717, 1.165) is 0 Å². The number of nitrogens with zero attached hydrogens (tertiary/aromatic N) is 1. The highest BCUT2D eigenvalue weighted by Crippen LogP contribution is 2.19. The number of amides is 2. The van der Waals surface area contributed by atoms with Crippen LogP contribution in [0.2, 0.25) is 0 Å². The Bertz CT molecular complexity index is 582. The number of anilines is 1. The quantitative estimate of drug-likeness (QED) is 0.915. The second-order valence-electron chi connectivity index (χ2n) is 4.39. The van der Waals surface area contributed by atoms with Gasteiger partial charge in [0.25, 0.3) is 0 Å². The number of rotatable bonds is 3. The van der Waals surface area contributed by atoms with Crippen molar-refractivity contribution in [1.29, 1.82) is 0 Å². The first-order valence-electron chi connectivity index (χ1n) is 5.96. The number of carbonyl (C=O) groups excluding carboxylic acids is 1. The van der Waals surface area contributed by atoms with Gasteiger partial charge in [0.1, 0.15) is 5.82 Å². The summed E-state index contributed by atoms with van der Waals surface area (Å²) in [5, 5.41) is 1.92. The molecule has 5 nitrogen and oxygen atoms in total. The molecule has 19 heavy (non-hydrogen) atoms. The lowest BCUT2D eigenvalue weighted by Crippen LogP contribution is -2.58. The Labute approximate surface area is 111 Å². The molecule has 1 aliphatic heterocycles. The molecular formula is C12H15FN2O3S. The van der Waals surface area contributed by atoms with E-state index >= 15 is 0 Å². The van der Waals surface area contributed by atoms with Crippen molar-refractivity contribution in [3.05, 3.63) is 30.1 Å². The van der Waals surface area contributed by atoms with Crippen molar-refractivity contribution in [3.63, 3.8) is 0 Å². The minimum absolute atomic E-state index is 0.0699. The fourth-order valence-corrected chi connectivity index (χ4v) is 3.11. The minimum atomic E-state index is -3.10. The molecule has 1 fully saturated rings. The van der Waals surface area contributed by atoms with Gasteiger partial charge in [-0.1, -0.05) is 19.1 Å². The van der Waals surface area contributed by atoms with Crippen LogP contribution in [0.1, 0.15) is 6.92 Å². The van der Waals surface area contributed by atoms with E-state index in [1.54, 1.807) is 13.0 Å². The molecule has 1 saturated heterocycles. The Hall–Kier alpha value is -1.63. The van der Waals surface area contributed by atoms with Crippen molar-refractivity contribution in [3.8, 4) is 0 Å². The first kappa shape index (κ1) is 13.8.